The van der Waals surface area contributed by atoms with Gasteiger partial charge in [0.2, 0.25) is 5.91 Å². The number of aromatic nitrogens is 3. The molecule has 6 nitrogen and oxygen atoms in total. The van der Waals surface area contributed by atoms with E-state index in [1.54, 1.807) is 35.3 Å². The van der Waals surface area contributed by atoms with Crippen LogP contribution < -0.4 is 0 Å². The van der Waals surface area contributed by atoms with E-state index in [1.807, 2.05) is 0 Å². The number of aliphatic hydroxyl groups is 1. The summed E-state index contributed by atoms with van der Waals surface area (Å²) in [6.45, 7) is 0.641. The second-order valence-electron chi connectivity index (χ2n) is 5.58. The van der Waals surface area contributed by atoms with E-state index in [2.05, 4.69) is 15.4 Å². The average molecular weight is 316 g/mol. The van der Waals surface area contributed by atoms with Crippen molar-refractivity contribution in [3.05, 3.63) is 53.6 Å². The zero-order valence-corrected chi connectivity index (χ0v) is 12.4. The average Bonchev–Trinajstić information content (AvgIpc) is 3.19. The lowest BCUT2D eigenvalue weighted by Crippen LogP contribution is -2.34. The Morgan fingerprint density at radius 3 is 3.04 bits per heavy atom. The number of halogens is 1. The maximum Gasteiger partial charge on any atom is 0.226 e. The Bertz CT molecular complexity index is 717. The Labute approximate surface area is 132 Å². The Morgan fingerprint density at radius 2 is 2.30 bits per heavy atom. The highest BCUT2D eigenvalue weighted by atomic mass is 19.1. The molecule has 120 valence electrons. The van der Waals surface area contributed by atoms with Crippen LogP contribution in [0.25, 0.3) is 6.08 Å². The number of hydrogen-bond acceptors (Lipinski definition) is 4. The summed E-state index contributed by atoms with van der Waals surface area (Å²) in [5.41, 5.74) is -0.270. The minimum Gasteiger partial charge on any atom is -0.381 e. The van der Waals surface area contributed by atoms with Crippen molar-refractivity contribution in [3.63, 3.8) is 0 Å². The molecule has 1 aliphatic heterocycles. The minimum absolute atomic E-state index is 0.114. The first kappa shape index (κ1) is 15.4. The van der Waals surface area contributed by atoms with E-state index in [-0.39, 0.29) is 24.7 Å². The monoisotopic (exact) mass is 316 g/mol. The van der Waals surface area contributed by atoms with Gasteiger partial charge in [0, 0.05) is 24.9 Å². The van der Waals surface area contributed by atoms with Gasteiger partial charge in [-0.2, -0.15) is 15.4 Å². The van der Waals surface area contributed by atoms with Crippen molar-refractivity contribution >= 4 is 12.0 Å². The van der Waals surface area contributed by atoms with Crippen molar-refractivity contribution in [2.24, 2.45) is 0 Å². The van der Waals surface area contributed by atoms with Gasteiger partial charge in [0.25, 0.3) is 0 Å². The molecule has 1 aromatic carbocycles. The third kappa shape index (κ3) is 3.29. The summed E-state index contributed by atoms with van der Waals surface area (Å²) in [4.78, 5) is 13.8. The number of rotatable bonds is 4. The van der Waals surface area contributed by atoms with Crippen LogP contribution in [0.2, 0.25) is 0 Å². The van der Waals surface area contributed by atoms with Crippen LogP contribution in [0.5, 0.6) is 0 Å². The molecule has 1 fully saturated rings. The lowest BCUT2D eigenvalue weighted by Gasteiger charge is -2.20. The number of hydrogen-bond donors (Lipinski definition) is 2. The molecule has 1 saturated heterocycles. The van der Waals surface area contributed by atoms with Crippen molar-refractivity contribution < 1.29 is 14.3 Å². The van der Waals surface area contributed by atoms with Gasteiger partial charge in [-0.05, 0) is 6.07 Å². The summed E-state index contributed by atoms with van der Waals surface area (Å²) in [6.07, 6.45) is 5.26. The largest absolute Gasteiger partial charge is 0.381 e. The van der Waals surface area contributed by atoms with Gasteiger partial charge in [-0.25, -0.2) is 4.39 Å². The van der Waals surface area contributed by atoms with Gasteiger partial charge in [0.05, 0.1) is 12.7 Å². The van der Waals surface area contributed by atoms with Crippen LogP contribution in [0.1, 0.15) is 24.1 Å². The van der Waals surface area contributed by atoms with Gasteiger partial charge in [-0.15, -0.1) is 0 Å². The fraction of sp³-hybridized carbons (Fsp3) is 0.312. The molecule has 23 heavy (non-hydrogen) atoms. The summed E-state index contributed by atoms with van der Waals surface area (Å²) < 4.78 is 13.5. The number of aromatic amines is 1. The smallest absolute Gasteiger partial charge is 0.226 e. The molecule has 2 N–H and O–H groups in total. The van der Waals surface area contributed by atoms with Crippen LogP contribution in [-0.4, -0.2) is 44.4 Å². The molecule has 0 bridgehead atoms. The molecule has 7 heteroatoms. The first-order valence-corrected chi connectivity index (χ1v) is 7.36. The van der Waals surface area contributed by atoms with Crippen molar-refractivity contribution in [1.82, 2.24) is 20.3 Å². The first-order chi connectivity index (χ1) is 11.1. The lowest BCUT2D eigenvalue weighted by molar-refractivity contribution is -0.130. The van der Waals surface area contributed by atoms with E-state index in [9.17, 15) is 14.3 Å². The van der Waals surface area contributed by atoms with Crippen molar-refractivity contribution in [2.75, 3.05) is 13.1 Å². The molecule has 0 spiro atoms. The second kappa shape index (κ2) is 6.29. The van der Waals surface area contributed by atoms with Crippen molar-refractivity contribution in [1.29, 1.82) is 0 Å². The number of H-pyrrole nitrogens is 1. The first-order valence-electron chi connectivity index (χ1n) is 7.36. The van der Waals surface area contributed by atoms with Crippen LogP contribution in [0, 0.1) is 5.82 Å². The number of carbonyl (C=O) groups excluding carboxylic acids is 1. The molecule has 3 rings (SSSR count). The molecule has 2 aromatic rings. The summed E-state index contributed by atoms with van der Waals surface area (Å²) in [5, 5.41) is 20.6. The van der Waals surface area contributed by atoms with E-state index in [0.717, 1.165) is 0 Å². The van der Waals surface area contributed by atoms with Crippen LogP contribution in [0.3, 0.4) is 0 Å². The fourth-order valence-electron chi connectivity index (χ4n) is 2.67. The highest BCUT2D eigenvalue weighted by Crippen LogP contribution is 2.30. The van der Waals surface area contributed by atoms with Crippen LogP contribution in [0.4, 0.5) is 4.39 Å². The molecule has 1 aliphatic rings. The molecule has 0 aliphatic carbocycles. The number of β-amino-alcohol motifs (C(OH)–C–C–N with tert-alkyl or cyclic N) is 1. The highest BCUT2D eigenvalue weighted by molar-refractivity contribution is 5.79. The third-order valence-electron chi connectivity index (χ3n) is 3.99. The molecule has 1 amide bonds. The molecule has 1 atom stereocenters. The normalized spacial score (nSPS) is 21.2. The predicted octanol–water partition coefficient (Wildman–Crippen LogP) is 1.47. The Hall–Kier alpha value is -2.54. The Kier molecular flexibility index (Phi) is 4.20. The number of carbonyl (C=O) groups is 1. The highest BCUT2D eigenvalue weighted by Gasteiger charge is 2.41. The molecule has 0 saturated carbocycles. The van der Waals surface area contributed by atoms with Gasteiger partial charge >= 0.3 is 0 Å². The van der Waals surface area contributed by atoms with E-state index in [4.69, 9.17) is 0 Å². The van der Waals surface area contributed by atoms with Crippen molar-refractivity contribution in [3.8, 4) is 0 Å². The summed E-state index contributed by atoms with van der Waals surface area (Å²) in [5.74, 6) is -0.435. The Morgan fingerprint density at radius 1 is 1.48 bits per heavy atom. The number of nitrogens with one attached hydrogen (secondary N) is 1. The van der Waals surface area contributed by atoms with Crippen molar-refractivity contribution in [2.45, 2.75) is 18.4 Å². The third-order valence-corrected chi connectivity index (χ3v) is 3.99. The minimum atomic E-state index is -1.15. The van der Waals surface area contributed by atoms with Crippen LogP contribution in [-0.2, 0) is 10.4 Å². The standard InChI is InChI=1S/C16H17FN4O2/c17-13-6-2-1-4-12(13)5-3-7-15(22)21-9-8-16(23,11-21)14-10-18-20-19-14/h1-6,10,23H,7-9,11H2,(H,18,19,20)/b5-3+. The zero-order chi connectivity index (χ0) is 16.3. The molecular formula is C16H17FN4O2. The topological polar surface area (TPSA) is 82.1 Å². The Balaban J connectivity index is 1.59. The number of benzene rings is 1. The molecule has 2 heterocycles. The molecular weight excluding hydrogens is 299 g/mol. The van der Waals surface area contributed by atoms with E-state index in [0.29, 0.717) is 24.2 Å². The van der Waals surface area contributed by atoms with Gasteiger partial charge in [-0.1, -0.05) is 30.4 Å². The van der Waals surface area contributed by atoms with E-state index < -0.39 is 5.60 Å². The maximum atomic E-state index is 13.5. The van der Waals surface area contributed by atoms with Crippen LogP contribution in [0.15, 0.2) is 36.5 Å². The maximum absolute atomic E-state index is 13.5. The zero-order valence-electron chi connectivity index (χ0n) is 12.4. The quantitative estimate of drug-likeness (QED) is 0.895. The molecule has 1 aromatic heterocycles. The van der Waals surface area contributed by atoms with E-state index >= 15 is 0 Å². The van der Waals surface area contributed by atoms with E-state index in [1.165, 1.54) is 12.3 Å². The predicted molar refractivity (Wildman–Crippen MR) is 81.5 cm³/mol. The number of nitrogens with zero attached hydrogens (tertiary/aromatic N) is 3. The number of likely N-dealkylation sites (tertiary alicyclic amines) is 1. The summed E-state index contributed by atoms with van der Waals surface area (Å²) in [7, 11) is 0. The molecule has 0 radical (unpaired) electrons. The SMILES string of the molecule is O=C(C/C=C/c1ccccc1F)N1CCC(O)(c2cn[nH]n2)C1. The number of amides is 1. The van der Waals surface area contributed by atoms with Crippen LogP contribution >= 0.6 is 0 Å². The molecule has 1 unspecified atom stereocenters. The van der Waals surface area contributed by atoms with Gasteiger partial charge in [0.1, 0.15) is 17.1 Å². The fourth-order valence-corrected chi connectivity index (χ4v) is 2.67. The van der Waals surface area contributed by atoms with Gasteiger partial charge in [-0.3, -0.25) is 4.79 Å². The van der Waals surface area contributed by atoms with Gasteiger partial charge < -0.3 is 10.0 Å². The lowest BCUT2D eigenvalue weighted by atomic mass is 10.00. The summed E-state index contributed by atoms with van der Waals surface area (Å²) in [6, 6.07) is 6.38. The second-order valence-corrected chi connectivity index (χ2v) is 5.58. The van der Waals surface area contributed by atoms with Gasteiger partial charge in [0.15, 0.2) is 0 Å². The summed E-state index contributed by atoms with van der Waals surface area (Å²) >= 11 is 0.